The van der Waals surface area contributed by atoms with Gasteiger partial charge in [-0.05, 0) is 12.8 Å². The molecule has 5 nitrogen and oxygen atoms in total. The van der Waals surface area contributed by atoms with Gasteiger partial charge < -0.3 is 24.8 Å². The first-order chi connectivity index (χ1) is 14.7. The second kappa shape index (κ2) is 19.2. The van der Waals surface area contributed by atoms with Crippen LogP contribution in [0.2, 0.25) is 0 Å². The summed E-state index contributed by atoms with van der Waals surface area (Å²) < 4.78 is 10.9. The molecule has 1 heterocycles. The molecular formula is C25H48O5. The monoisotopic (exact) mass is 428 g/mol. The lowest BCUT2D eigenvalue weighted by Gasteiger charge is -2.20. The summed E-state index contributed by atoms with van der Waals surface area (Å²) in [7, 11) is 0. The lowest BCUT2D eigenvalue weighted by atomic mass is 10.0. The molecule has 0 aromatic heterocycles. The number of rotatable bonds is 20. The Labute approximate surface area is 184 Å². The second-order valence-electron chi connectivity index (χ2n) is 8.77. The van der Waals surface area contributed by atoms with E-state index in [2.05, 4.69) is 13.0 Å². The maximum atomic E-state index is 10.0. The third kappa shape index (κ3) is 13.1. The smallest absolute Gasteiger partial charge is 0.114 e. The summed E-state index contributed by atoms with van der Waals surface area (Å²) in [5, 5.41) is 28.6. The van der Waals surface area contributed by atoms with Gasteiger partial charge in [0.1, 0.15) is 24.4 Å². The van der Waals surface area contributed by atoms with Gasteiger partial charge in [0.15, 0.2) is 0 Å². The summed E-state index contributed by atoms with van der Waals surface area (Å²) in [5.41, 5.74) is 0. The van der Waals surface area contributed by atoms with Crippen LogP contribution < -0.4 is 0 Å². The summed E-state index contributed by atoms with van der Waals surface area (Å²) in [6.07, 6.45) is 21.3. The number of hydrogen-bond donors (Lipinski definition) is 3. The maximum Gasteiger partial charge on any atom is 0.114 e. The van der Waals surface area contributed by atoms with Crippen molar-refractivity contribution >= 4 is 0 Å². The third-order valence-electron chi connectivity index (χ3n) is 6.03. The fourth-order valence-electron chi connectivity index (χ4n) is 4.03. The molecule has 30 heavy (non-hydrogen) atoms. The Kier molecular flexibility index (Phi) is 17.7. The number of allylic oxidation sites excluding steroid dienone is 1. The fourth-order valence-corrected chi connectivity index (χ4v) is 4.03. The topological polar surface area (TPSA) is 79.2 Å². The van der Waals surface area contributed by atoms with Crippen LogP contribution in [-0.2, 0) is 9.47 Å². The third-order valence-corrected chi connectivity index (χ3v) is 6.03. The quantitative estimate of drug-likeness (QED) is 0.190. The summed E-state index contributed by atoms with van der Waals surface area (Å²) in [4.78, 5) is 0. The van der Waals surface area contributed by atoms with Crippen LogP contribution >= 0.6 is 0 Å². The predicted molar refractivity (Wildman–Crippen MR) is 123 cm³/mol. The molecule has 1 rings (SSSR count). The molecule has 0 aromatic carbocycles. The van der Waals surface area contributed by atoms with Gasteiger partial charge in [-0.3, -0.25) is 0 Å². The van der Waals surface area contributed by atoms with Crippen LogP contribution in [-0.4, -0.2) is 59.6 Å². The van der Waals surface area contributed by atoms with Gasteiger partial charge in [-0.2, -0.15) is 0 Å². The molecule has 0 aromatic rings. The van der Waals surface area contributed by atoms with E-state index in [9.17, 15) is 10.2 Å². The van der Waals surface area contributed by atoms with E-state index in [1.807, 2.05) is 6.08 Å². The highest BCUT2D eigenvalue weighted by molar-refractivity contribution is 4.90. The van der Waals surface area contributed by atoms with Gasteiger partial charge in [-0.15, -0.1) is 0 Å². The van der Waals surface area contributed by atoms with E-state index in [-0.39, 0.29) is 6.61 Å². The molecule has 1 fully saturated rings. The molecule has 0 aliphatic carbocycles. The Hall–Kier alpha value is -0.460. The molecule has 1 aliphatic rings. The van der Waals surface area contributed by atoms with Crippen molar-refractivity contribution < 1.29 is 24.8 Å². The standard InChI is InChI=1S/C25H48O5/c1-2-3-4-5-6-7-8-9-10-11-12-13-14-15-16-17-18-19-29-23-21-30-25(24(23)28)22(27)20-26/h17-18,22-28H,2-16,19-21H2,1H3/b18-17+/t22-,23+,24-,25-/m1/s1. The first-order valence-corrected chi connectivity index (χ1v) is 12.6. The normalized spacial score (nSPS) is 22.9. The largest absolute Gasteiger partial charge is 0.394 e. The SMILES string of the molecule is CCCCCCCCCCCCCCCC/C=C/CO[C@H]1CO[C@H]([C@H](O)CO)[C@@H]1O. The molecule has 0 spiro atoms. The number of unbranched alkanes of at least 4 members (excludes halogenated alkanes) is 14. The van der Waals surface area contributed by atoms with E-state index < -0.39 is 31.0 Å². The van der Waals surface area contributed by atoms with E-state index in [0.29, 0.717) is 6.61 Å². The van der Waals surface area contributed by atoms with Crippen LogP contribution in [0.5, 0.6) is 0 Å². The van der Waals surface area contributed by atoms with Crippen molar-refractivity contribution in [1.82, 2.24) is 0 Å². The Morgan fingerprint density at radius 1 is 0.867 bits per heavy atom. The molecular weight excluding hydrogens is 380 g/mol. The zero-order chi connectivity index (χ0) is 21.9. The predicted octanol–water partition coefficient (Wildman–Crippen LogP) is 4.91. The first-order valence-electron chi connectivity index (χ1n) is 12.6. The molecule has 178 valence electrons. The highest BCUT2D eigenvalue weighted by Gasteiger charge is 2.40. The molecule has 3 N–H and O–H groups in total. The van der Waals surface area contributed by atoms with Crippen LogP contribution in [0.3, 0.4) is 0 Å². The molecule has 0 saturated carbocycles. The van der Waals surface area contributed by atoms with Gasteiger partial charge in [0, 0.05) is 0 Å². The molecule has 0 unspecified atom stereocenters. The van der Waals surface area contributed by atoms with Gasteiger partial charge in [0.05, 0.1) is 19.8 Å². The summed E-state index contributed by atoms with van der Waals surface area (Å²) in [5.74, 6) is 0. The Morgan fingerprint density at radius 3 is 1.93 bits per heavy atom. The van der Waals surface area contributed by atoms with Gasteiger partial charge in [0.25, 0.3) is 0 Å². The Morgan fingerprint density at radius 2 is 1.40 bits per heavy atom. The lowest BCUT2D eigenvalue weighted by Crippen LogP contribution is -2.41. The van der Waals surface area contributed by atoms with E-state index >= 15 is 0 Å². The van der Waals surface area contributed by atoms with Crippen LogP contribution in [0.15, 0.2) is 12.2 Å². The highest BCUT2D eigenvalue weighted by atomic mass is 16.6. The minimum Gasteiger partial charge on any atom is -0.394 e. The van der Waals surface area contributed by atoms with Crippen molar-refractivity contribution in [3.8, 4) is 0 Å². The molecule has 1 aliphatic heterocycles. The number of ether oxygens (including phenoxy) is 2. The fraction of sp³-hybridized carbons (Fsp3) is 0.920. The number of hydrogen-bond acceptors (Lipinski definition) is 5. The van der Waals surface area contributed by atoms with Gasteiger partial charge in [0.2, 0.25) is 0 Å². The molecule has 1 saturated heterocycles. The molecule has 0 radical (unpaired) electrons. The van der Waals surface area contributed by atoms with Crippen LogP contribution in [0, 0.1) is 0 Å². The molecule has 4 atom stereocenters. The minimum absolute atomic E-state index is 0.246. The van der Waals surface area contributed by atoms with Gasteiger partial charge in [-0.1, -0.05) is 103 Å². The number of aliphatic hydroxyl groups excluding tert-OH is 3. The lowest BCUT2D eigenvalue weighted by molar-refractivity contribution is -0.0716. The average molecular weight is 429 g/mol. The van der Waals surface area contributed by atoms with E-state index in [1.165, 1.54) is 89.9 Å². The highest BCUT2D eigenvalue weighted by Crippen LogP contribution is 2.20. The summed E-state index contributed by atoms with van der Waals surface area (Å²) >= 11 is 0. The average Bonchev–Trinajstić information content (AvgIpc) is 3.12. The summed E-state index contributed by atoms with van der Waals surface area (Å²) in [6, 6.07) is 0. The Bertz CT molecular complexity index is 401. The van der Waals surface area contributed by atoms with E-state index in [4.69, 9.17) is 14.6 Å². The Balaban J connectivity index is 1.83. The molecule has 0 amide bonds. The zero-order valence-corrected chi connectivity index (χ0v) is 19.4. The molecule has 0 bridgehead atoms. The first kappa shape index (κ1) is 27.6. The van der Waals surface area contributed by atoms with Crippen molar-refractivity contribution in [2.75, 3.05) is 19.8 Å². The van der Waals surface area contributed by atoms with Gasteiger partial charge >= 0.3 is 0 Å². The van der Waals surface area contributed by atoms with Crippen LogP contribution in [0.1, 0.15) is 103 Å². The molecule has 5 heteroatoms. The van der Waals surface area contributed by atoms with E-state index in [0.717, 1.165) is 6.42 Å². The van der Waals surface area contributed by atoms with Crippen LogP contribution in [0.25, 0.3) is 0 Å². The van der Waals surface area contributed by atoms with Crippen molar-refractivity contribution in [2.45, 2.75) is 128 Å². The van der Waals surface area contributed by atoms with Crippen molar-refractivity contribution in [3.63, 3.8) is 0 Å². The minimum atomic E-state index is -1.07. The second-order valence-corrected chi connectivity index (χ2v) is 8.77. The summed E-state index contributed by atoms with van der Waals surface area (Å²) in [6.45, 7) is 2.53. The van der Waals surface area contributed by atoms with E-state index in [1.54, 1.807) is 0 Å². The van der Waals surface area contributed by atoms with Gasteiger partial charge in [-0.25, -0.2) is 0 Å². The van der Waals surface area contributed by atoms with Crippen molar-refractivity contribution in [1.29, 1.82) is 0 Å². The van der Waals surface area contributed by atoms with Crippen molar-refractivity contribution in [2.24, 2.45) is 0 Å². The van der Waals surface area contributed by atoms with Crippen LogP contribution in [0.4, 0.5) is 0 Å². The van der Waals surface area contributed by atoms with Crippen molar-refractivity contribution in [3.05, 3.63) is 12.2 Å². The zero-order valence-electron chi connectivity index (χ0n) is 19.4. The number of aliphatic hydroxyl groups is 3. The maximum absolute atomic E-state index is 10.0.